The number of hydrogen-bond acceptors (Lipinski definition) is 6. The lowest BCUT2D eigenvalue weighted by atomic mass is 10.2. The van der Waals surface area contributed by atoms with Crippen molar-refractivity contribution in [2.75, 3.05) is 18.5 Å². The molecule has 0 aliphatic heterocycles. The van der Waals surface area contributed by atoms with Crippen molar-refractivity contribution >= 4 is 11.7 Å². The van der Waals surface area contributed by atoms with Gasteiger partial charge >= 0.3 is 0 Å². The molecule has 7 heteroatoms. The van der Waals surface area contributed by atoms with Crippen LogP contribution in [0.25, 0.3) is 0 Å². The molecule has 0 aliphatic carbocycles. The first kappa shape index (κ1) is 22.1. The molecule has 1 aromatic carbocycles. The lowest BCUT2D eigenvalue weighted by molar-refractivity contribution is 0.102. The molecular weight excluding hydrogens is 394 g/mol. The third-order valence-corrected chi connectivity index (χ3v) is 4.28. The smallest absolute Gasteiger partial charge is 0.257 e. The number of benzene rings is 1. The van der Waals surface area contributed by atoms with Crippen LogP contribution < -0.4 is 19.5 Å². The van der Waals surface area contributed by atoms with Gasteiger partial charge in [0, 0.05) is 24.2 Å². The monoisotopic (exact) mass is 421 g/mol. The summed E-state index contributed by atoms with van der Waals surface area (Å²) in [4.78, 5) is 21.1. The molecule has 0 unspecified atom stereocenters. The number of carbonyl (C=O) groups excluding carboxylic acids is 1. The molecule has 0 atom stereocenters. The third kappa shape index (κ3) is 6.44. The fourth-order valence-corrected chi connectivity index (χ4v) is 2.73. The van der Waals surface area contributed by atoms with E-state index in [0.717, 1.165) is 18.4 Å². The van der Waals surface area contributed by atoms with Crippen molar-refractivity contribution in [3.05, 3.63) is 72.2 Å². The van der Waals surface area contributed by atoms with Gasteiger partial charge in [-0.15, -0.1) is 0 Å². The molecule has 31 heavy (non-hydrogen) atoms. The summed E-state index contributed by atoms with van der Waals surface area (Å²) in [7, 11) is 0. The number of nitrogens with zero attached hydrogens (tertiary/aromatic N) is 2. The van der Waals surface area contributed by atoms with Crippen LogP contribution in [0.3, 0.4) is 0 Å². The molecule has 0 radical (unpaired) electrons. The van der Waals surface area contributed by atoms with Crippen LogP contribution in [0, 0.1) is 0 Å². The van der Waals surface area contributed by atoms with Crippen molar-refractivity contribution in [3.8, 4) is 17.2 Å². The van der Waals surface area contributed by atoms with Crippen LogP contribution >= 0.6 is 0 Å². The highest BCUT2D eigenvalue weighted by Crippen LogP contribution is 2.30. The van der Waals surface area contributed by atoms with Crippen molar-refractivity contribution in [1.29, 1.82) is 0 Å². The number of carbonyl (C=O) groups is 1. The van der Waals surface area contributed by atoms with Gasteiger partial charge in [-0.1, -0.05) is 13.8 Å². The molecule has 0 saturated carbocycles. The summed E-state index contributed by atoms with van der Waals surface area (Å²) in [5.41, 5.74) is 1.41. The lowest BCUT2D eigenvalue weighted by Gasteiger charge is -2.14. The number of anilines is 1. The quantitative estimate of drug-likeness (QED) is 0.475. The minimum Gasteiger partial charge on any atom is -0.490 e. The molecule has 1 N–H and O–H groups in total. The Balaban J connectivity index is 1.73. The molecule has 2 heterocycles. The second kappa shape index (κ2) is 11.5. The van der Waals surface area contributed by atoms with Crippen LogP contribution in [0.5, 0.6) is 17.2 Å². The highest BCUT2D eigenvalue weighted by molar-refractivity contribution is 6.04. The third-order valence-electron chi connectivity index (χ3n) is 4.28. The number of pyridine rings is 2. The second-order valence-electron chi connectivity index (χ2n) is 6.81. The molecule has 0 bridgehead atoms. The summed E-state index contributed by atoms with van der Waals surface area (Å²) in [5, 5.41) is 2.83. The van der Waals surface area contributed by atoms with E-state index in [-0.39, 0.29) is 5.91 Å². The van der Waals surface area contributed by atoms with E-state index in [1.807, 2.05) is 26.0 Å². The van der Waals surface area contributed by atoms with E-state index in [9.17, 15) is 4.79 Å². The molecule has 0 spiro atoms. The molecule has 0 saturated heterocycles. The van der Waals surface area contributed by atoms with E-state index in [0.29, 0.717) is 48.5 Å². The summed E-state index contributed by atoms with van der Waals surface area (Å²) < 4.78 is 17.4. The maximum absolute atomic E-state index is 12.9. The van der Waals surface area contributed by atoms with Crippen LogP contribution in [0.2, 0.25) is 0 Å². The molecule has 7 nitrogen and oxygen atoms in total. The summed E-state index contributed by atoms with van der Waals surface area (Å²) in [6.07, 6.45) is 6.76. The van der Waals surface area contributed by atoms with Crippen molar-refractivity contribution in [2.24, 2.45) is 0 Å². The topological polar surface area (TPSA) is 82.6 Å². The van der Waals surface area contributed by atoms with E-state index >= 15 is 0 Å². The minimum atomic E-state index is -0.309. The summed E-state index contributed by atoms with van der Waals surface area (Å²) in [5.74, 6) is 1.71. The number of nitrogens with one attached hydrogen (secondary N) is 1. The Labute approximate surface area is 182 Å². The Morgan fingerprint density at radius 3 is 2.35 bits per heavy atom. The number of ether oxygens (including phenoxy) is 3. The fraction of sp³-hybridized carbons (Fsp3) is 0.292. The van der Waals surface area contributed by atoms with Gasteiger partial charge in [-0.25, -0.2) is 4.98 Å². The van der Waals surface area contributed by atoms with Gasteiger partial charge < -0.3 is 19.5 Å². The Morgan fingerprint density at radius 2 is 1.61 bits per heavy atom. The number of aromatic nitrogens is 2. The first-order valence-corrected chi connectivity index (χ1v) is 10.4. The molecular formula is C24H27N3O4. The van der Waals surface area contributed by atoms with Crippen molar-refractivity contribution in [3.63, 3.8) is 0 Å². The summed E-state index contributed by atoms with van der Waals surface area (Å²) >= 11 is 0. The van der Waals surface area contributed by atoms with Crippen LogP contribution in [0.15, 0.2) is 61.1 Å². The Morgan fingerprint density at radius 1 is 0.871 bits per heavy atom. The van der Waals surface area contributed by atoms with Crippen LogP contribution in [-0.2, 0) is 6.61 Å². The number of amides is 1. The van der Waals surface area contributed by atoms with Gasteiger partial charge in [0.25, 0.3) is 5.91 Å². The highest BCUT2D eigenvalue weighted by Gasteiger charge is 2.15. The lowest BCUT2D eigenvalue weighted by Crippen LogP contribution is -2.14. The highest BCUT2D eigenvalue weighted by atomic mass is 16.5. The van der Waals surface area contributed by atoms with E-state index in [2.05, 4.69) is 15.3 Å². The summed E-state index contributed by atoms with van der Waals surface area (Å²) in [6.45, 7) is 5.53. The van der Waals surface area contributed by atoms with E-state index < -0.39 is 0 Å². The van der Waals surface area contributed by atoms with Gasteiger partial charge in [0.1, 0.15) is 6.61 Å². The van der Waals surface area contributed by atoms with Gasteiger partial charge in [0.05, 0.1) is 13.2 Å². The summed E-state index contributed by atoms with van der Waals surface area (Å²) in [6, 6.07) is 12.4. The fourth-order valence-electron chi connectivity index (χ4n) is 2.73. The number of hydrogen-bond donors (Lipinski definition) is 1. The minimum absolute atomic E-state index is 0.309. The predicted molar refractivity (Wildman–Crippen MR) is 119 cm³/mol. The van der Waals surface area contributed by atoms with E-state index in [1.54, 1.807) is 48.9 Å². The van der Waals surface area contributed by atoms with E-state index in [4.69, 9.17) is 14.2 Å². The maximum Gasteiger partial charge on any atom is 0.257 e. The van der Waals surface area contributed by atoms with Gasteiger partial charge in [-0.2, -0.15) is 0 Å². The van der Waals surface area contributed by atoms with Crippen molar-refractivity contribution < 1.29 is 19.0 Å². The zero-order chi connectivity index (χ0) is 21.9. The normalized spacial score (nSPS) is 10.4. The van der Waals surface area contributed by atoms with E-state index in [1.165, 1.54) is 0 Å². The zero-order valence-corrected chi connectivity index (χ0v) is 17.8. The molecule has 1 amide bonds. The molecule has 0 aliphatic rings. The first-order chi connectivity index (χ1) is 15.2. The predicted octanol–water partition coefficient (Wildman–Crippen LogP) is 4.89. The largest absolute Gasteiger partial charge is 0.490 e. The molecule has 162 valence electrons. The average Bonchev–Trinajstić information content (AvgIpc) is 2.81. The van der Waals surface area contributed by atoms with Gasteiger partial charge in [-0.05, 0) is 60.9 Å². The van der Waals surface area contributed by atoms with Crippen LogP contribution in [0.1, 0.15) is 42.6 Å². The standard InChI is InChI=1S/C24H27N3O4/c1-3-14-29-20-8-7-19(16-22(20)30-15-4-2)24(28)27-23-21(6-5-11-26-23)31-17-18-9-12-25-13-10-18/h5-13,16H,3-4,14-15,17H2,1-2H3,(H,26,27,28). The first-order valence-electron chi connectivity index (χ1n) is 10.4. The van der Waals surface area contributed by atoms with Gasteiger partial charge in [-0.3, -0.25) is 9.78 Å². The van der Waals surface area contributed by atoms with Crippen LogP contribution in [-0.4, -0.2) is 29.1 Å². The van der Waals surface area contributed by atoms with Crippen molar-refractivity contribution in [2.45, 2.75) is 33.3 Å². The van der Waals surface area contributed by atoms with Crippen molar-refractivity contribution in [1.82, 2.24) is 9.97 Å². The molecule has 3 aromatic rings. The Kier molecular flexibility index (Phi) is 8.22. The Bertz CT molecular complexity index is 980. The molecule has 0 fully saturated rings. The second-order valence-corrected chi connectivity index (χ2v) is 6.81. The molecule has 2 aromatic heterocycles. The maximum atomic E-state index is 12.9. The van der Waals surface area contributed by atoms with Gasteiger partial charge in [0.15, 0.2) is 23.1 Å². The van der Waals surface area contributed by atoms with Gasteiger partial charge in [0.2, 0.25) is 0 Å². The SMILES string of the molecule is CCCOc1ccc(C(=O)Nc2ncccc2OCc2ccncc2)cc1OCCC. The zero-order valence-electron chi connectivity index (χ0n) is 17.8. The number of rotatable bonds is 11. The molecule has 3 rings (SSSR count). The van der Waals surface area contributed by atoms with Crippen LogP contribution in [0.4, 0.5) is 5.82 Å². The average molecular weight is 421 g/mol. The Hall–Kier alpha value is -3.61.